The minimum absolute atomic E-state index is 0.125. The van der Waals surface area contributed by atoms with Gasteiger partial charge in [0.2, 0.25) is 0 Å². The molecular weight excluding hydrogens is 324 g/mol. The van der Waals surface area contributed by atoms with Crippen molar-refractivity contribution in [3.05, 3.63) is 18.2 Å². The zero-order valence-corrected chi connectivity index (χ0v) is 13.6. The van der Waals surface area contributed by atoms with Crippen molar-refractivity contribution in [2.75, 3.05) is 20.3 Å². The Morgan fingerprint density at radius 1 is 1.29 bits per heavy atom. The molecule has 3 atom stereocenters. The SMILES string of the molecule is CNC(Cc1cnc[nH]1)C(=O)O.C[C@@H](O)[C@H](N)C(=O)O.OCCO. The number of aromatic nitrogens is 2. The minimum Gasteiger partial charge on any atom is -0.480 e. The van der Waals surface area contributed by atoms with E-state index in [9.17, 15) is 9.59 Å². The van der Waals surface area contributed by atoms with Gasteiger partial charge in [-0.3, -0.25) is 9.59 Å². The number of hydrogen-bond acceptors (Lipinski definition) is 8. The predicted octanol–water partition coefficient (Wildman–Crippen LogP) is -2.63. The lowest BCUT2D eigenvalue weighted by atomic mass is 10.2. The van der Waals surface area contributed by atoms with Crippen LogP contribution in [-0.2, 0) is 16.0 Å². The van der Waals surface area contributed by atoms with Crippen molar-refractivity contribution < 1.29 is 35.1 Å². The van der Waals surface area contributed by atoms with Crippen LogP contribution in [0.25, 0.3) is 0 Å². The molecular formula is C13H26N4O7. The Labute approximate surface area is 139 Å². The molecule has 0 spiro atoms. The zero-order valence-electron chi connectivity index (χ0n) is 13.6. The van der Waals surface area contributed by atoms with E-state index in [1.807, 2.05) is 0 Å². The molecule has 1 rings (SSSR count). The third-order valence-corrected chi connectivity index (χ3v) is 2.53. The van der Waals surface area contributed by atoms with Crippen molar-refractivity contribution in [2.45, 2.75) is 31.5 Å². The molecule has 0 aliphatic rings. The summed E-state index contributed by atoms with van der Waals surface area (Å²) in [5, 5.41) is 43.2. The van der Waals surface area contributed by atoms with Gasteiger partial charge in [-0.25, -0.2) is 4.98 Å². The Balaban J connectivity index is 0. The minimum atomic E-state index is -1.18. The lowest BCUT2D eigenvalue weighted by Crippen LogP contribution is -2.39. The highest BCUT2D eigenvalue weighted by atomic mass is 16.4. The first-order chi connectivity index (χ1) is 11.2. The molecule has 11 nitrogen and oxygen atoms in total. The van der Waals surface area contributed by atoms with Crippen molar-refractivity contribution in [3.63, 3.8) is 0 Å². The average molecular weight is 350 g/mol. The summed E-state index contributed by atoms with van der Waals surface area (Å²) in [5.74, 6) is -2.04. The lowest BCUT2D eigenvalue weighted by molar-refractivity contribution is -0.141. The number of aliphatic hydroxyl groups is 3. The van der Waals surface area contributed by atoms with Crippen LogP contribution in [-0.4, -0.2) is 85.9 Å². The molecule has 0 amide bonds. The second kappa shape index (κ2) is 14.5. The number of nitrogens with two attached hydrogens (primary N) is 1. The number of aliphatic carboxylic acids is 2. The number of imidazole rings is 1. The normalized spacial score (nSPS) is 13.4. The van der Waals surface area contributed by atoms with Crippen LogP contribution >= 0.6 is 0 Å². The number of aliphatic hydroxyl groups excluding tert-OH is 3. The van der Waals surface area contributed by atoms with Gasteiger partial charge >= 0.3 is 11.9 Å². The maximum absolute atomic E-state index is 10.6. The van der Waals surface area contributed by atoms with Gasteiger partial charge in [0.1, 0.15) is 12.1 Å². The Hall–Kier alpha value is -2.05. The van der Waals surface area contributed by atoms with E-state index in [0.29, 0.717) is 6.42 Å². The first-order valence-corrected chi connectivity index (χ1v) is 6.96. The molecule has 0 bridgehead atoms. The van der Waals surface area contributed by atoms with Gasteiger partial charge in [-0.05, 0) is 14.0 Å². The van der Waals surface area contributed by atoms with Crippen LogP contribution < -0.4 is 11.1 Å². The second-order valence-electron chi connectivity index (χ2n) is 4.51. The third-order valence-electron chi connectivity index (χ3n) is 2.53. The number of carboxylic acid groups (broad SMARTS) is 2. The number of rotatable bonds is 7. The molecule has 0 fully saturated rings. The molecule has 0 aliphatic heterocycles. The fourth-order valence-corrected chi connectivity index (χ4v) is 1.14. The van der Waals surface area contributed by atoms with Gasteiger partial charge in [0.05, 0.1) is 25.6 Å². The Bertz CT molecular complexity index is 438. The third kappa shape index (κ3) is 12.5. The smallest absolute Gasteiger partial charge is 0.323 e. The summed E-state index contributed by atoms with van der Waals surface area (Å²) < 4.78 is 0. The second-order valence-corrected chi connectivity index (χ2v) is 4.51. The molecule has 1 unspecified atom stereocenters. The van der Waals surface area contributed by atoms with E-state index in [4.69, 9.17) is 31.3 Å². The molecule has 9 N–H and O–H groups in total. The molecule has 1 heterocycles. The number of nitrogens with one attached hydrogen (secondary N) is 2. The summed E-state index contributed by atoms with van der Waals surface area (Å²) in [6.07, 6.45) is 2.59. The lowest BCUT2D eigenvalue weighted by Gasteiger charge is -2.08. The average Bonchev–Trinajstić information content (AvgIpc) is 3.05. The highest BCUT2D eigenvalue weighted by molar-refractivity contribution is 5.74. The van der Waals surface area contributed by atoms with Crippen molar-refractivity contribution >= 4 is 11.9 Å². The van der Waals surface area contributed by atoms with Crippen LogP contribution in [0.4, 0.5) is 0 Å². The molecule has 0 saturated heterocycles. The van der Waals surface area contributed by atoms with E-state index in [1.165, 1.54) is 13.3 Å². The number of likely N-dealkylation sites (N-methyl/N-ethyl adjacent to an activating group) is 1. The predicted molar refractivity (Wildman–Crippen MR) is 84.2 cm³/mol. The van der Waals surface area contributed by atoms with Gasteiger partial charge in [-0.2, -0.15) is 0 Å². The molecule has 24 heavy (non-hydrogen) atoms. The Morgan fingerprint density at radius 2 is 1.83 bits per heavy atom. The van der Waals surface area contributed by atoms with Crippen molar-refractivity contribution in [1.29, 1.82) is 0 Å². The maximum Gasteiger partial charge on any atom is 0.323 e. The van der Waals surface area contributed by atoms with E-state index < -0.39 is 30.1 Å². The molecule has 140 valence electrons. The van der Waals surface area contributed by atoms with Crippen LogP contribution in [0, 0.1) is 0 Å². The quantitative estimate of drug-likeness (QED) is 0.257. The summed E-state index contributed by atoms with van der Waals surface area (Å²) in [7, 11) is 1.62. The summed E-state index contributed by atoms with van der Waals surface area (Å²) in [6.45, 7) is 1.08. The van der Waals surface area contributed by atoms with Crippen molar-refractivity contribution in [3.8, 4) is 0 Å². The maximum atomic E-state index is 10.6. The number of H-pyrrole nitrogens is 1. The molecule has 0 aromatic carbocycles. The fourth-order valence-electron chi connectivity index (χ4n) is 1.14. The molecule has 0 saturated carbocycles. The number of hydrogen-bond donors (Lipinski definition) is 8. The number of carboxylic acids is 2. The van der Waals surface area contributed by atoms with Gasteiger partial charge in [0, 0.05) is 18.3 Å². The highest BCUT2D eigenvalue weighted by Crippen LogP contribution is 1.97. The largest absolute Gasteiger partial charge is 0.480 e. The van der Waals surface area contributed by atoms with Crippen LogP contribution in [0.2, 0.25) is 0 Å². The van der Waals surface area contributed by atoms with Gasteiger partial charge in [0.15, 0.2) is 0 Å². The number of aromatic amines is 1. The molecule has 0 aliphatic carbocycles. The van der Waals surface area contributed by atoms with E-state index in [1.54, 1.807) is 13.2 Å². The standard InChI is InChI=1S/C7H11N3O2.C4H9NO3.C2H6O2/c1-8-6(7(11)12)2-5-3-9-4-10-5;1-2(6)3(5)4(7)8;3-1-2-4/h3-4,6,8H,2H2,1H3,(H,9,10)(H,11,12);2-3,6H,5H2,1H3,(H,7,8);3-4H,1-2H2/t;2-,3+;/m.1./s1. The Kier molecular flexibility index (Phi) is 14.7. The highest BCUT2D eigenvalue weighted by Gasteiger charge is 2.16. The monoisotopic (exact) mass is 350 g/mol. The van der Waals surface area contributed by atoms with Crippen LogP contribution in [0.3, 0.4) is 0 Å². The molecule has 11 heteroatoms. The van der Waals surface area contributed by atoms with Crippen molar-refractivity contribution in [2.24, 2.45) is 5.73 Å². The fraction of sp³-hybridized carbons (Fsp3) is 0.615. The zero-order chi connectivity index (χ0) is 19.1. The molecule has 1 aromatic heterocycles. The summed E-state index contributed by atoms with van der Waals surface area (Å²) in [6, 6.07) is -1.71. The van der Waals surface area contributed by atoms with E-state index >= 15 is 0 Å². The Morgan fingerprint density at radius 3 is 2.04 bits per heavy atom. The van der Waals surface area contributed by atoms with Gasteiger partial charge in [-0.15, -0.1) is 0 Å². The molecule has 1 aromatic rings. The van der Waals surface area contributed by atoms with Crippen LogP contribution in [0.1, 0.15) is 12.6 Å². The van der Waals surface area contributed by atoms with E-state index in [-0.39, 0.29) is 13.2 Å². The first-order valence-electron chi connectivity index (χ1n) is 6.96. The number of nitrogens with zero attached hydrogens (tertiary/aromatic N) is 1. The van der Waals surface area contributed by atoms with Gasteiger partial charge in [-0.1, -0.05) is 0 Å². The van der Waals surface area contributed by atoms with E-state index in [0.717, 1.165) is 5.69 Å². The van der Waals surface area contributed by atoms with Crippen LogP contribution in [0.15, 0.2) is 12.5 Å². The summed E-state index contributed by atoms with van der Waals surface area (Å²) in [4.78, 5) is 27.1. The molecule has 0 radical (unpaired) electrons. The summed E-state index contributed by atoms with van der Waals surface area (Å²) >= 11 is 0. The van der Waals surface area contributed by atoms with Crippen LogP contribution in [0.5, 0.6) is 0 Å². The topological polar surface area (TPSA) is 202 Å². The number of carbonyl (C=O) groups is 2. The van der Waals surface area contributed by atoms with Gasteiger partial charge < -0.3 is 41.6 Å². The van der Waals surface area contributed by atoms with Gasteiger partial charge in [0.25, 0.3) is 0 Å². The van der Waals surface area contributed by atoms with Crippen molar-refractivity contribution in [1.82, 2.24) is 15.3 Å². The van der Waals surface area contributed by atoms with E-state index in [2.05, 4.69) is 15.3 Å². The summed E-state index contributed by atoms with van der Waals surface area (Å²) in [5.41, 5.74) is 5.73. The first kappa shape index (κ1) is 24.2.